The minimum absolute atomic E-state index is 0.189. The largest absolute Gasteiger partial charge is 0.333 e. The van der Waals surface area contributed by atoms with Crippen molar-refractivity contribution in [1.82, 2.24) is 15.1 Å². The number of nitrogens with one attached hydrogen (secondary N) is 1. The van der Waals surface area contributed by atoms with Gasteiger partial charge in [-0.3, -0.25) is 4.79 Å². The summed E-state index contributed by atoms with van der Waals surface area (Å²) < 4.78 is 5.41. The molecule has 2 rings (SSSR count). The van der Waals surface area contributed by atoms with Crippen LogP contribution in [0, 0.1) is 3.83 Å². The molecule has 2 aromatic rings. The maximum atomic E-state index is 10.9. The van der Waals surface area contributed by atoms with Gasteiger partial charge >= 0.3 is 0 Å². The molecule has 2 aromatic heterocycles. The fourth-order valence-corrected chi connectivity index (χ4v) is 1.22. The summed E-state index contributed by atoms with van der Waals surface area (Å²) in [5.41, 5.74) is 0.435. The van der Waals surface area contributed by atoms with Crippen LogP contribution in [0.1, 0.15) is 0 Å². The number of aromatic nitrogens is 3. The van der Waals surface area contributed by atoms with E-state index in [4.69, 9.17) is 4.52 Å². The lowest BCUT2D eigenvalue weighted by Gasteiger charge is -1.89. The number of nitrogens with zero attached hydrogens (tertiary/aromatic N) is 2. The normalized spacial score (nSPS) is 10.2. The van der Waals surface area contributed by atoms with Gasteiger partial charge in [0, 0.05) is 40.4 Å². The van der Waals surface area contributed by atoms with Crippen LogP contribution in [0.2, 0.25) is 0 Å². The lowest BCUT2D eigenvalue weighted by atomic mass is 10.3. The van der Waals surface area contributed by atoms with Gasteiger partial charge in [-0.1, -0.05) is 5.16 Å². The summed E-state index contributed by atoms with van der Waals surface area (Å²) in [5.74, 6) is 0.357. The van der Waals surface area contributed by atoms with Gasteiger partial charge in [0.1, 0.15) is 0 Å². The van der Waals surface area contributed by atoms with Crippen molar-refractivity contribution in [2.75, 3.05) is 0 Å². The Morgan fingerprint density at radius 3 is 3.00 bits per heavy atom. The van der Waals surface area contributed by atoms with Crippen molar-refractivity contribution in [2.24, 2.45) is 0 Å². The van der Waals surface area contributed by atoms with Crippen LogP contribution in [0.15, 0.2) is 27.6 Å². The molecule has 0 aromatic carbocycles. The highest BCUT2D eigenvalue weighted by molar-refractivity contribution is 14.1. The highest BCUT2D eigenvalue weighted by Crippen LogP contribution is 2.14. The Labute approximate surface area is 86.3 Å². The van der Waals surface area contributed by atoms with Crippen LogP contribution in [0.25, 0.3) is 11.5 Å². The van der Waals surface area contributed by atoms with Crippen LogP contribution < -0.4 is 5.56 Å². The average molecular weight is 289 g/mol. The van der Waals surface area contributed by atoms with E-state index in [1.54, 1.807) is 6.07 Å². The third kappa shape index (κ3) is 1.77. The van der Waals surface area contributed by atoms with E-state index in [0.717, 1.165) is 0 Å². The smallest absolute Gasteiger partial charge is 0.258 e. The van der Waals surface area contributed by atoms with E-state index >= 15 is 0 Å². The zero-order valence-electron chi connectivity index (χ0n) is 6.32. The molecule has 0 bridgehead atoms. The van der Waals surface area contributed by atoms with E-state index in [1.807, 2.05) is 22.6 Å². The standard InChI is InChI=1S/C7H4IN3O2/c8-7-10-6(13-11-7)4-1-2-9-5(12)3-4/h1-3H,(H,9,12). The zero-order valence-corrected chi connectivity index (χ0v) is 8.48. The van der Waals surface area contributed by atoms with Crippen molar-refractivity contribution in [2.45, 2.75) is 0 Å². The Morgan fingerprint density at radius 2 is 2.38 bits per heavy atom. The predicted molar refractivity (Wildman–Crippen MR) is 53.1 cm³/mol. The lowest BCUT2D eigenvalue weighted by molar-refractivity contribution is 0.426. The first-order valence-corrected chi connectivity index (χ1v) is 4.52. The molecule has 5 nitrogen and oxygen atoms in total. The summed E-state index contributed by atoms with van der Waals surface area (Å²) in [6.45, 7) is 0. The average Bonchev–Trinajstić information content (AvgIpc) is 2.52. The van der Waals surface area contributed by atoms with Gasteiger partial charge in [-0.15, -0.1) is 0 Å². The van der Waals surface area contributed by atoms with Gasteiger partial charge in [-0.25, -0.2) is 0 Å². The zero-order chi connectivity index (χ0) is 9.26. The van der Waals surface area contributed by atoms with Gasteiger partial charge in [0.05, 0.1) is 0 Å². The molecular formula is C7H4IN3O2. The van der Waals surface area contributed by atoms with Crippen molar-refractivity contribution in [3.05, 3.63) is 32.5 Å². The molecule has 0 spiro atoms. The van der Waals surface area contributed by atoms with Gasteiger partial charge < -0.3 is 9.51 Å². The van der Waals surface area contributed by atoms with Crippen LogP contribution in [0.4, 0.5) is 0 Å². The van der Waals surface area contributed by atoms with E-state index in [9.17, 15) is 4.79 Å². The second-order valence-electron chi connectivity index (χ2n) is 2.31. The minimum atomic E-state index is -0.189. The summed E-state index contributed by atoms with van der Waals surface area (Å²) in [5, 5.41) is 3.61. The van der Waals surface area contributed by atoms with Gasteiger partial charge in [-0.2, -0.15) is 4.98 Å². The predicted octanol–water partition coefficient (Wildman–Crippen LogP) is 1.03. The number of rotatable bonds is 1. The SMILES string of the molecule is O=c1cc(-c2nc(I)no2)cc[nH]1. The summed E-state index contributed by atoms with van der Waals surface area (Å²) in [7, 11) is 0. The fraction of sp³-hybridized carbons (Fsp3) is 0. The Kier molecular flexibility index (Phi) is 2.13. The Hall–Kier alpha value is -1.18. The van der Waals surface area contributed by atoms with E-state index in [1.165, 1.54) is 12.3 Å². The molecule has 1 N–H and O–H groups in total. The third-order valence-corrected chi connectivity index (χ3v) is 1.86. The summed E-state index contributed by atoms with van der Waals surface area (Å²) in [4.78, 5) is 17.4. The first kappa shape index (κ1) is 8.42. The number of hydrogen-bond acceptors (Lipinski definition) is 4. The molecule has 0 amide bonds. The molecule has 0 saturated carbocycles. The number of H-pyrrole nitrogens is 1. The Morgan fingerprint density at radius 1 is 1.54 bits per heavy atom. The molecule has 0 aliphatic rings. The lowest BCUT2D eigenvalue weighted by Crippen LogP contribution is -2.01. The Bertz CT molecular complexity index is 476. The summed E-state index contributed by atoms with van der Waals surface area (Å²) >= 11 is 1.93. The molecule has 0 atom stereocenters. The maximum Gasteiger partial charge on any atom is 0.258 e. The number of halogens is 1. The first-order valence-electron chi connectivity index (χ1n) is 3.44. The third-order valence-electron chi connectivity index (χ3n) is 1.42. The monoisotopic (exact) mass is 289 g/mol. The van der Waals surface area contributed by atoms with E-state index in [-0.39, 0.29) is 5.56 Å². The maximum absolute atomic E-state index is 10.9. The molecule has 0 saturated heterocycles. The number of hydrogen-bond donors (Lipinski definition) is 1. The molecular weight excluding hydrogens is 285 g/mol. The summed E-state index contributed by atoms with van der Waals surface area (Å²) in [6, 6.07) is 3.11. The van der Waals surface area contributed by atoms with Crippen LogP contribution >= 0.6 is 22.6 Å². The molecule has 0 unspecified atom stereocenters. The quantitative estimate of drug-likeness (QED) is 0.796. The molecule has 13 heavy (non-hydrogen) atoms. The number of aromatic amines is 1. The van der Waals surface area contributed by atoms with Crippen LogP contribution in [-0.2, 0) is 0 Å². The first-order chi connectivity index (χ1) is 6.25. The van der Waals surface area contributed by atoms with E-state index in [0.29, 0.717) is 15.3 Å². The molecule has 2 heterocycles. The summed E-state index contributed by atoms with van der Waals surface area (Å²) in [6.07, 6.45) is 1.54. The van der Waals surface area contributed by atoms with Crippen molar-refractivity contribution < 1.29 is 4.52 Å². The van der Waals surface area contributed by atoms with Gasteiger partial charge in [0.15, 0.2) is 0 Å². The van der Waals surface area contributed by atoms with Gasteiger partial charge in [-0.05, 0) is 6.07 Å². The van der Waals surface area contributed by atoms with Crippen molar-refractivity contribution in [3.8, 4) is 11.5 Å². The van der Waals surface area contributed by atoms with E-state index in [2.05, 4.69) is 15.1 Å². The molecule has 0 aliphatic heterocycles. The van der Waals surface area contributed by atoms with Crippen molar-refractivity contribution in [1.29, 1.82) is 0 Å². The number of pyridine rings is 1. The molecule has 0 fully saturated rings. The topological polar surface area (TPSA) is 71.8 Å². The second-order valence-corrected chi connectivity index (χ2v) is 3.28. The molecule has 66 valence electrons. The Balaban J connectivity index is 2.52. The molecule has 6 heteroatoms. The van der Waals surface area contributed by atoms with Crippen LogP contribution in [0.5, 0.6) is 0 Å². The molecule has 0 radical (unpaired) electrons. The van der Waals surface area contributed by atoms with Crippen LogP contribution in [-0.4, -0.2) is 15.1 Å². The van der Waals surface area contributed by atoms with Crippen molar-refractivity contribution in [3.63, 3.8) is 0 Å². The van der Waals surface area contributed by atoms with Crippen LogP contribution in [0.3, 0.4) is 0 Å². The highest BCUT2D eigenvalue weighted by Gasteiger charge is 2.06. The van der Waals surface area contributed by atoms with E-state index < -0.39 is 0 Å². The van der Waals surface area contributed by atoms with Crippen molar-refractivity contribution >= 4 is 22.6 Å². The second kappa shape index (κ2) is 3.29. The minimum Gasteiger partial charge on any atom is -0.333 e. The molecule has 0 aliphatic carbocycles. The van der Waals surface area contributed by atoms with Gasteiger partial charge in [0.2, 0.25) is 9.39 Å². The fourth-order valence-electron chi connectivity index (χ4n) is 0.900. The van der Waals surface area contributed by atoms with Gasteiger partial charge in [0.25, 0.3) is 5.89 Å². The highest BCUT2D eigenvalue weighted by atomic mass is 127.